The molecule has 1 fully saturated rings. The van der Waals surface area contributed by atoms with Gasteiger partial charge in [0.15, 0.2) is 5.78 Å². The van der Waals surface area contributed by atoms with Crippen molar-refractivity contribution in [1.29, 1.82) is 5.53 Å². The minimum atomic E-state index is -0.541. The van der Waals surface area contributed by atoms with Crippen LogP contribution in [0.2, 0.25) is 0 Å². The predicted molar refractivity (Wildman–Crippen MR) is 71.2 cm³/mol. The maximum Gasteiger partial charge on any atom is 0.181 e. The lowest BCUT2D eigenvalue weighted by Gasteiger charge is -2.29. The number of nitrogens with one attached hydrogen (secondary N) is 1. The Morgan fingerprint density at radius 2 is 2.21 bits per heavy atom. The van der Waals surface area contributed by atoms with Crippen molar-refractivity contribution in [2.75, 3.05) is 6.54 Å². The minimum absolute atomic E-state index is 0.0307. The molecular formula is C14H16N4O. The van der Waals surface area contributed by atoms with Crippen molar-refractivity contribution in [2.24, 2.45) is 5.11 Å². The van der Waals surface area contributed by atoms with Gasteiger partial charge in [0.05, 0.1) is 0 Å². The minimum Gasteiger partial charge on any atom is -0.319 e. The van der Waals surface area contributed by atoms with Crippen LogP contribution in [0.25, 0.3) is 11.0 Å². The molecule has 1 saturated carbocycles. The van der Waals surface area contributed by atoms with E-state index in [-0.39, 0.29) is 12.3 Å². The Morgan fingerprint density at radius 1 is 1.42 bits per heavy atom. The molecule has 0 saturated heterocycles. The van der Waals surface area contributed by atoms with Crippen LogP contribution in [-0.2, 0) is 10.3 Å². The normalized spacial score (nSPS) is 17.7. The number of carbonyl (C=O) groups excluding carboxylic acids is 1. The SMILES string of the molecule is N=NCC(=O)C1(n2ccc3cccnc32)CCCC1. The first-order chi connectivity index (χ1) is 9.28. The highest BCUT2D eigenvalue weighted by Gasteiger charge is 2.42. The van der Waals surface area contributed by atoms with Crippen molar-refractivity contribution in [2.45, 2.75) is 31.2 Å². The summed E-state index contributed by atoms with van der Waals surface area (Å²) in [6.45, 7) is -0.0352. The summed E-state index contributed by atoms with van der Waals surface area (Å²) < 4.78 is 2.00. The Balaban J connectivity index is 2.14. The van der Waals surface area contributed by atoms with Crippen molar-refractivity contribution in [3.8, 4) is 0 Å². The third kappa shape index (κ3) is 1.77. The van der Waals surface area contributed by atoms with Crippen LogP contribution in [-0.4, -0.2) is 21.9 Å². The molecule has 1 N–H and O–H groups in total. The lowest BCUT2D eigenvalue weighted by atomic mass is 9.91. The van der Waals surface area contributed by atoms with Crippen LogP contribution in [0.5, 0.6) is 0 Å². The fraction of sp³-hybridized carbons (Fsp3) is 0.429. The smallest absolute Gasteiger partial charge is 0.181 e. The topological polar surface area (TPSA) is 71.1 Å². The van der Waals surface area contributed by atoms with Gasteiger partial charge in [0.1, 0.15) is 17.7 Å². The van der Waals surface area contributed by atoms with Gasteiger partial charge in [-0.25, -0.2) is 10.5 Å². The summed E-state index contributed by atoms with van der Waals surface area (Å²) >= 11 is 0. The first-order valence-corrected chi connectivity index (χ1v) is 6.57. The number of hydrogen-bond donors (Lipinski definition) is 1. The maximum absolute atomic E-state index is 12.4. The van der Waals surface area contributed by atoms with E-state index in [1.165, 1.54) is 0 Å². The molecule has 2 aromatic rings. The fourth-order valence-corrected chi connectivity index (χ4v) is 3.14. The first-order valence-electron chi connectivity index (χ1n) is 6.57. The molecule has 3 rings (SSSR count). The molecule has 0 spiro atoms. The number of aromatic nitrogens is 2. The molecule has 19 heavy (non-hydrogen) atoms. The van der Waals surface area contributed by atoms with Gasteiger partial charge in [-0.2, -0.15) is 5.11 Å². The molecule has 2 aromatic heterocycles. The zero-order valence-corrected chi connectivity index (χ0v) is 10.7. The summed E-state index contributed by atoms with van der Waals surface area (Å²) in [5.74, 6) is 0.0307. The van der Waals surface area contributed by atoms with Gasteiger partial charge in [-0.1, -0.05) is 12.8 Å². The van der Waals surface area contributed by atoms with Crippen LogP contribution < -0.4 is 0 Å². The van der Waals surface area contributed by atoms with Gasteiger partial charge in [-0.3, -0.25) is 4.79 Å². The van der Waals surface area contributed by atoms with Crippen LogP contribution in [0, 0.1) is 5.53 Å². The zero-order chi connectivity index (χ0) is 13.3. The van der Waals surface area contributed by atoms with Crippen molar-refractivity contribution >= 4 is 16.8 Å². The lowest BCUT2D eigenvalue weighted by Crippen LogP contribution is -2.40. The largest absolute Gasteiger partial charge is 0.319 e. The Hall–Kier alpha value is -2.04. The van der Waals surface area contributed by atoms with E-state index < -0.39 is 5.54 Å². The second-order valence-electron chi connectivity index (χ2n) is 5.08. The van der Waals surface area contributed by atoms with Gasteiger partial charge in [0.2, 0.25) is 0 Å². The van der Waals surface area contributed by atoms with Gasteiger partial charge in [0.25, 0.3) is 0 Å². The number of pyridine rings is 1. The summed E-state index contributed by atoms with van der Waals surface area (Å²) in [6.07, 6.45) is 7.42. The number of fused-ring (bicyclic) bond motifs is 1. The second-order valence-corrected chi connectivity index (χ2v) is 5.08. The zero-order valence-electron chi connectivity index (χ0n) is 10.7. The Kier molecular flexibility index (Phi) is 2.89. The molecule has 0 amide bonds. The molecular weight excluding hydrogens is 240 g/mol. The van der Waals surface area contributed by atoms with E-state index in [1.54, 1.807) is 6.20 Å². The van der Waals surface area contributed by atoms with E-state index >= 15 is 0 Å². The molecule has 0 atom stereocenters. The van der Waals surface area contributed by atoms with E-state index in [9.17, 15) is 4.79 Å². The van der Waals surface area contributed by atoms with Crippen LogP contribution in [0.15, 0.2) is 35.7 Å². The Bertz CT molecular complexity index is 625. The molecule has 1 aliphatic rings. The van der Waals surface area contributed by atoms with Crippen molar-refractivity contribution in [1.82, 2.24) is 9.55 Å². The van der Waals surface area contributed by atoms with Crippen molar-refractivity contribution in [3.63, 3.8) is 0 Å². The quantitative estimate of drug-likeness (QED) is 0.854. The van der Waals surface area contributed by atoms with E-state index in [0.29, 0.717) is 0 Å². The second kappa shape index (κ2) is 4.57. The number of nitrogens with zero attached hydrogens (tertiary/aromatic N) is 3. The molecule has 0 aliphatic heterocycles. The molecule has 0 aromatic carbocycles. The van der Waals surface area contributed by atoms with Crippen LogP contribution in [0.4, 0.5) is 0 Å². The van der Waals surface area contributed by atoms with Crippen LogP contribution in [0.1, 0.15) is 25.7 Å². The molecule has 1 aliphatic carbocycles. The van der Waals surface area contributed by atoms with Gasteiger partial charge in [-0.15, -0.1) is 0 Å². The maximum atomic E-state index is 12.4. The van der Waals surface area contributed by atoms with E-state index in [0.717, 1.165) is 36.7 Å². The molecule has 0 unspecified atom stereocenters. The van der Waals surface area contributed by atoms with Crippen LogP contribution >= 0.6 is 0 Å². The molecule has 0 bridgehead atoms. The Labute approximate surface area is 111 Å². The Morgan fingerprint density at radius 3 is 2.95 bits per heavy atom. The number of ketones is 1. The van der Waals surface area contributed by atoms with Gasteiger partial charge in [-0.05, 0) is 31.0 Å². The van der Waals surface area contributed by atoms with Gasteiger partial charge in [0, 0.05) is 17.8 Å². The van der Waals surface area contributed by atoms with E-state index in [1.807, 2.05) is 29.0 Å². The molecule has 5 heteroatoms. The summed E-state index contributed by atoms with van der Waals surface area (Å²) in [6, 6.07) is 5.89. The third-order valence-corrected chi connectivity index (χ3v) is 4.08. The standard InChI is InChI=1S/C14H16N4O/c15-17-10-12(19)14(6-1-2-7-14)18-9-5-11-4-3-8-16-13(11)18/h3-5,8-9,15H,1-2,6-7,10H2. The summed E-state index contributed by atoms with van der Waals surface area (Å²) in [5.41, 5.74) is 7.26. The average Bonchev–Trinajstić information content (AvgIpc) is 3.06. The summed E-state index contributed by atoms with van der Waals surface area (Å²) in [7, 11) is 0. The number of Topliss-reactive ketones (excluding diaryl/α,β-unsaturated/α-hetero) is 1. The third-order valence-electron chi connectivity index (χ3n) is 4.08. The fourth-order valence-electron chi connectivity index (χ4n) is 3.14. The van der Waals surface area contributed by atoms with Crippen molar-refractivity contribution in [3.05, 3.63) is 30.6 Å². The van der Waals surface area contributed by atoms with E-state index in [4.69, 9.17) is 5.53 Å². The summed E-state index contributed by atoms with van der Waals surface area (Å²) in [5, 5.41) is 4.33. The average molecular weight is 256 g/mol. The number of hydrogen-bond acceptors (Lipinski definition) is 4. The predicted octanol–water partition coefficient (Wildman–Crippen LogP) is 2.91. The van der Waals surface area contributed by atoms with Crippen LogP contribution in [0.3, 0.4) is 0 Å². The lowest BCUT2D eigenvalue weighted by molar-refractivity contribution is -0.126. The highest BCUT2D eigenvalue weighted by molar-refractivity contribution is 5.91. The molecule has 0 radical (unpaired) electrons. The highest BCUT2D eigenvalue weighted by atomic mass is 16.1. The number of rotatable bonds is 4. The van der Waals surface area contributed by atoms with E-state index in [2.05, 4.69) is 10.1 Å². The van der Waals surface area contributed by atoms with Gasteiger partial charge < -0.3 is 4.57 Å². The van der Waals surface area contributed by atoms with Gasteiger partial charge >= 0.3 is 0 Å². The first kappa shape index (κ1) is 12.0. The van der Waals surface area contributed by atoms with Crippen molar-refractivity contribution < 1.29 is 4.79 Å². The number of carbonyl (C=O) groups is 1. The molecule has 2 heterocycles. The molecule has 98 valence electrons. The highest BCUT2D eigenvalue weighted by Crippen LogP contribution is 2.39. The monoisotopic (exact) mass is 256 g/mol. The molecule has 5 nitrogen and oxygen atoms in total. The summed E-state index contributed by atoms with van der Waals surface area (Å²) in [4.78, 5) is 16.9.